The Hall–Kier alpha value is -0.200. The second kappa shape index (κ2) is 1.44. The van der Waals surface area contributed by atoms with Gasteiger partial charge in [-0.05, 0) is 17.2 Å². The van der Waals surface area contributed by atoms with Gasteiger partial charge in [-0.1, -0.05) is 41.4 Å². The minimum Gasteiger partial charge on any atom is -0.0909 e. The van der Waals surface area contributed by atoms with Crippen molar-refractivity contribution in [3.63, 3.8) is 0 Å². The summed E-state index contributed by atoms with van der Waals surface area (Å²) in [5, 5.41) is 0. The molecule has 0 unspecified atom stereocenters. The molecule has 9 heavy (non-hydrogen) atoms. The maximum absolute atomic E-state index is 5.85. The molecule has 0 atom stereocenters. The largest absolute Gasteiger partial charge is 0.168 e. The summed E-state index contributed by atoms with van der Waals surface area (Å²) in [5.74, 6) is 0. The Morgan fingerprint density at radius 3 is 1.89 bits per heavy atom. The second-order valence-corrected chi connectivity index (χ2v) is 3.48. The molecule has 0 radical (unpaired) electrons. The second-order valence-electron chi connectivity index (χ2n) is 2.16. The monoisotopic (exact) mass is 158 g/mol. The van der Waals surface area contributed by atoms with Gasteiger partial charge in [0.15, 0.2) is 4.33 Å². The summed E-state index contributed by atoms with van der Waals surface area (Å²) in [5.41, 5.74) is 2.01. The molecule has 0 heterocycles. The summed E-state index contributed by atoms with van der Waals surface area (Å²) < 4.78 is -0.686. The first-order valence-corrected chi connectivity index (χ1v) is 3.46. The van der Waals surface area contributed by atoms with Gasteiger partial charge in [-0.15, -0.1) is 0 Å². The zero-order chi connectivity index (χ0) is 6.48. The molecule has 0 saturated heterocycles. The molecule has 1 aromatic rings. The molecule has 0 aromatic heterocycles. The summed E-state index contributed by atoms with van der Waals surface area (Å²) in [4.78, 5) is 0. The third-order valence-corrected chi connectivity index (χ3v) is 2.46. The van der Waals surface area contributed by atoms with E-state index in [0.717, 1.165) is 11.1 Å². The number of benzene rings is 1. The molecule has 0 spiro atoms. The van der Waals surface area contributed by atoms with E-state index in [1.165, 1.54) is 0 Å². The van der Waals surface area contributed by atoms with Gasteiger partial charge in [0.2, 0.25) is 0 Å². The van der Waals surface area contributed by atoms with Crippen LogP contribution in [0.2, 0.25) is 0 Å². The molecule has 0 amide bonds. The van der Waals surface area contributed by atoms with Crippen molar-refractivity contribution < 1.29 is 0 Å². The lowest BCUT2D eigenvalue weighted by Crippen LogP contribution is -2.21. The summed E-state index contributed by atoms with van der Waals surface area (Å²) in [7, 11) is 0. The number of hydrogen-bond donors (Lipinski definition) is 0. The van der Waals surface area contributed by atoms with E-state index < -0.39 is 4.33 Å². The van der Waals surface area contributed by atoms with Crippen LogP contribution in [0.3, 0.4) is 0 Å². The Bertz CT molecular complexity index is 224. The molecule has 2 bridgehead atoms. The van der Waals surface area contributed by atoms with Gasteiger partial charge in [-0.3, -0.25) is 0 Å². The van der Waals surface area contributed by atoms with Gasteiger partial charge >= 0.3 is 0 Å². The zero-order valence-corrected chi connectivity index (χ0v) is 6.08. The van der Waals surface area contributed by atoms with Crippen LogP contribution in [-0.2, 0) is 4.33 Å². The van der Waals surface area contributed by atoms with E-state index in [2.05, 4.69) is 0 Å². The van der Waals surface area contributed by atoms with Crippen LogP contribution >= 0.6 is 23.2 Å². The highest BCUT2D eigenvalue weighted by Gasteiger charge is 2.36. The molecule has 1 aromatic carbocycles. The highest BCUT2D eigenvalue weighted by molar-refractivity contribution is 6.51. The fraction of sp³-hybridized carbons (Fsp3) is 0.143. The zero-order valence-electron chi connectivity index (χ0n) is 4.57. The number of rotatable bonds is 0. The number of fused-ring (bicyclic) bond motifs is 2. The minimum absolute atomic E-state index is 0.686. The average molecular weight is 159 g/mol. The first-order chi connectivity index (χ1) is 4.21. The van der Waals surface area contributed by atoms with Gasteiger partial charge in [-0.2, -0.15) is 0 Å². The number of hydrogen-bond acceptors (Lipinski definition) is 0. The van der Waals surface area contributed by atoms with Crippen LogP contribution in [0.5, 0.6) is 0 Å². The Morgan fingerprint density at radius 2 is 1.67 bits per heavy atom. The summed E-state index contributed by atoms with van der Waals surface area (Å²) in [6.45, 7) is 0. The lowest BCUT2D eigenvalue weighted by molar-refractivity contribution is 0.951. The third-order valence-electron chi connectivity index (χ3n) is 1.59. The lowest BCUT2D eigenvalue weighted by atomic mass is 9.92. The van der Waals surface area contributed by atoms with E-state index >= 15 is 0 Å². The van der Waals surface area contributed by atoms with Crippen LogP contribution in [0.25, 0.3) is 0 Å². The smallest absolute Gasteiger partial charge is 0.0909 e. The normalized spacial score (nSPS) is 18.9. The standard InChI is InChI=1S/C7H4Cl2/c8-7(9)5-2-1-3-6(7)4-5/h1-4H. The number of halogens is 2. The van der Waals surface area contributed by atoms with Crippen LogP contribution in [0.4, 0.5) is 0 Å². The van der Waals surface area contributed by atoms with E-state index in [1.807, 2.05) is 24.3 Å². The Kier molecular flexibility index (Phi) is 0.895. The van der Waals surface area contributed by atoms with Crippen molar-refractivity contribution in [3.8, 4) is 0 Å². The predicted octanol–water partition coefficient (Wildman–Crippen LogP) is 2.68. The molecule has 0 aliphatic heterocycles. The van der Waals surface area contributed by atoms with Crippen molar-refractivity contribution in [1.29, 1.82) is 0 Å². The molecule has 0 nitrogen and oxygen atoms in total. The van der Waals surface area contributed by atoms with E-state index in [1.54, 1.807) is 0 Å². The first kappa shape index (κ1) is 5.57. The molecular weight excluding hydrogens is 155 g/mol. The fourth-order valence-corrected chi connectivity index (χ4v) is 1.47. The van der Waals surface area contributed by atoms with Crippen molar-refractivity contribution in [2.45, 2.75) is 4.33 Å². The number of alkyl halides is 2. The van der Waals surface area contributed by atoms with Crippen molar-refractivity contribution in [3.05, 3.63) is 35.4 Å². The molecule has 0 fully saturated rings. The minimum atomic E-state index is -0.686. The third kappa shape index (κ3) is 0.552. The van der Waals surface area contributed by atoms with Crippen molar-refractivity contribution in [2.75, 3.05) is 0 Å². The maximum Gasteiger partial charge on any atom is 0.168 e. The van der Waals surface area contributed by atoms with Gasteiger partial charge < -0.3 is 0 Å². The van der Waals surface area contributed by atoms with Gasteiger partial charge in [0.25, 0.3) is 0 Å². The van der Waals surface area contributed by atoms with Crippen LogP contribution < -0.4 is 0 Å². The lowest BCUT2D eigenvalue weighted by Gasteiger charge is -2.29. The van der Waals surface area contributed by atoms with Gasteiger partial charge in [0.05, 0.1) is 0 Å². The fourth-order valence-electron chi connectivity index (χ4n) is 0.999. The predicted molar refractivity (Wildman–Crippen MR) is 38.9 cm³/mol. The van der Waals surface area contributed by atoms with E-state index in [4.69, 9.17) is 23.2 Å². The maximum atomic E-state index is 5.85. The molecule has 46 valence electrons. The summed E-state index contributed by atoms with van der Waals surface area (Å²) in [6, 6.07) is 7.79. The van der Waals surface area contributed by atoms with Crippen molar-refractivity contribution in [2.24, 2.45) is 0 Å². The average Bonchev–Trinajstić information content (AvgIpc) is 1.89. The summed E-state index contributed by atoms with van der Waals surface area (Å²) in [6.07, 6.45) is 0. The Labute approximate surface area is 63.4 Å². The van der Waals surface area contributed by atoms with Crippen LogP contribution in [0.1, 0.15) is 11.1 Å². The van der Waals surface area contributed by atoms with Crippen molar-refractivity contribution in [1.82, 2.24) is 0 Å². The Morgan fingerprint density at radius 1 is 1.11 bits per heavy atom. The first-order valence-electron chi connectivity index (χ1n) is 2.70. The highest BCUT2D eigenvalue weighted by atomic mass is 35.5. The van der Waals surface area contributed by atoms with E-state index in [0.29, 0.717) is 0 Å². The van der Waals surface area contributed by atoms with E-state index in [-0.39, 0.29) is 0 Å². The van der Waals surface area contributed by atoms with Gasteiger partial charge in [0.1, 0.15) is 0 Å². The van der Waals surface area contributed by atoms with Gasteiger partial charge in [0, 0.05) is 0 Å². The van der Waals surface area contributed by atoms with Crippen LogP contribution in [-0.4, -0.2) is 0 Å². The van der Waals surface area contributed by atoms with Gasteiger partial charge in [-0.25, -0.2) is 0 Å². The quantitative estimate of drug-likeness (QED) is 0.510. The topological polar surface area (TPSA) is 0 Å². The summed E-state index contributed by atoms with van der Waals surface area (Å²) >= 11 is 11.7. The SMILES string of the molecule is ClC1(Cl)c2cccc1c2. The molecule has 2 aliphatic rings. The molecule has 0 saturated carbocycles. The molecule has 3 rings (SSSR count). The van der Waals surface area contributed by atoms with Crippen LogP contribution in [0.15, 0.2) is 24.3 Å². The molecule has 2 heteroatoms. The molecular formula is C7H4Cl2. The van der Waals surface area contributed by atoms with E-state index in [9.17, 15) is 0 Å². The molecule has 0 N–H and O–H groups in total. The Balaban J connectivity index is 2.65. The van der Waals surface area contributed by atoms with Crippen LogP contribution in [0, 0.1) is 0 Å². The van der Waals surface area contributed by atoms with Crippen molar-refractivity contribution >= 4 is 23.2 Å². The highest BCUT2D eigenvalue weighted by Crippen LogP contribution is 2.48. The molecule has 2 aliphatic carbocycles.